The van der Waals surface area contributed by atoms with Crippen LogP contribution in [0.15, 0.2) is 41.0 Å². The molecule has 2 aliphatic rings. The summed E-state index contributed by atoms with van der Waals surface area (Å²) in [6.07, 6.45) is -0.00147. The number of piperidine rings is 1. The first-order chi connectivity index (χ1) is 14.8. The van der Waals surface area contributed by atoms with Gasteiger partial charge >= 0.3 is 6.18 Å². The number of benzene rings is 1. The van der Waals surface area contributed by atoms with Crippen molar-refractivity contribution in [2.45, 2.75) is 38.4 Å². The molecule has 0 bridgehead atoms. The summed E-state index contributed by atoms with van der Waals surface area (Å²) in [6.45, 7) is 1.92. The van der Waals surface area contributed by atoms with Crippen LogP contribution >= 0.6 is 0 Å². The summed E-state index contributed by atoms with van der Waals surface area (Å²) in [7, 11) is 0. The van der Waals surface area contributed by atoms with E-state index < -0.39 is 23.6 Å². The Hall–Kier alpha value is -2.97. The molecular weight excluding hydrogens is 411 g/mol. The molecule has 1 N–H and O–H groups in total. The number of carbonyl (C=O) groups excluding carboxylic acids is 2. The third-order valence-corrected chi connectivity index (χ3v) is 5.79. The Morgan fingerprint density at radius 2 is 1.94 bits per heavy atom. The highest BCUT2D eigenvalue weighted by Crippen LogP contribution is 2.37. The zero-order valence-corrected chi connectivity index (χ0v) is 17.0. The quantitative estimate of drug-likeness (QED) is 0.762. The zero-order chi connectivity index (χ0) is 22.0. The number of hydrogen-bond acceptors (Lipinski definition) is 4. The van der Waals surface area contributed by atoms with E-state index in [1.807, 2.05) is 4.90 Å². The van der Waals surface area contributed by atoms with Gasteiger partial charge in [-0.25, -0.2) is 0 Å². The van der Waals surface area contributed by atoms with Gasteiger partial charge in [0.25, 0.3) is 0 Å². The zero-order valence-electron chi connectivity index (χ0n) is 17.0. The number of rotatable bonds is 5. The number of furan rings is 1. The number of nitrogens with zero attached hydrogens (tertiary/aromatic N) is 2. The molecule has 31 heavy (non-hydrogen) atoms. The lowest BCUT2D eigenvalue weighted by molar-refractivity contribution is -0.137. The second-order valence-corrected chi connectivity index (χ2v) is 8.02. The summed E-state index contributed by atoms with van der Waals surface area (Å²) in [5.74, 6) is -0.657. The van der Waals surface area contributed by atoms with Gasteiger partial charge in [-0.1, -0.05) is 0 Å². The molecule has 1 aromatic carbocycles. The Balaban J connectivity index is 1.51. The summed E-state index contributed by atoms with van der Waals surface area (Å²) in [6, 6.07) is 6.92. The van der Waals surface area contributed by atoms with Crippen molar-refractivity contribution in [2.24, 2.45) is 5.92 Å². The maximum absolute atomic E-state index is 13.3. The van der Waals surface area contributed by atoms with Gasteiger partial charge in [-0.15, -0.1) is 0 Å². The highest BCUT2D eigenvalue weighted by Gasteiger charge is 2.36. The number of amides is 2. The maximum atomic E-state index is 13.3. The van der Waals surface area contributed by atoms with Gasteiger partial charge in [-0.2, -0.15) is 13.2 Å². The van der Waals surface area contributed by atoms with E-state index in [0.717, 1.165) is 44.5 Å². The molecule has 2 amide bonds. The lowest BCUT2D eigenvalue weighted by Gasteiger charge is -2.31. The van der Waals surface area contributed by atoms with Crippen molar-refractivity contribution in [3.63, 3.8) is 0 Å². The molecule has 2 aromatic rings. The van der Waals surface area contributed by atoms with E-state index in [4.69, 9.17) is 4.42 Å². The summed E-state index contributed by atoms with van der Waals surface area (Å²) in [5, 5.41) is 2.68. The first-order valence-corrected chi connectivity index (χ1v) is 10.4. The number of nitrogens with one attached hydrogen (secondary N) is 1. The van der Waals surface area contributed by atoms with Gasteiger partial charge in [0.05, 0.1) is 35.7 Å². The average molecular weight is 435 g/mol. The topological polar surface area (TPSA) is 65.8 Å². The van der Waals surface area contributed by atoms with Crippen molar-refractivity contribution in [2.75, 3.05) is 29.9 Å². The molecule has 9 heteroatoms. The third kappa shape index (κ3) is 4.86. The molecule has 6 nitrogen and oxygen atoms in total. The molecule has 2 aliphatic heterocycles. The van der Waals surface area contributed by atoms with Gasteiger partial charge < -0.3 is 19.5 Å². The van der Waals surface area contributed by atoms with Crippen molar-refractivity contribution in [3.05, 3.63) is 47.9 Å². The van der Waals surface area contributed by atoms with Gasteiger partial charge in [-0.3, -0.25) is 9.59 Å². The molecule has 1 atom stereocenters. The van der Waals surface area contributed by atoms with Gasteiger partial charge in [0.2, 0.25) is 11.8 Å². The van der Waals surface area contributed by atoms with Crippen LogP contribution in [0.25, 0.3) is 0 Å². The largest absolute Gasteiger partial charge is 0.467 e. The van der Waals surface area contributed by atoms with E-state index in [1.54, 1.807) is 12.1 Å². The Labute approximate surface area is 178 Å². The van der Waals surface area contributed by atoms with Crippen LogP contribution in [0.3, 0.4) is 0 Å². The highest BCUT2D eigenvalue weighted by molar-refractivity contribution is 5.99. The van der Waals surface area contributed by atoms with Crippen LogP contribution in [0.2, 0.25) is 0 Å². The number of carbonyl (C=O) groups is 2. The SMILES string of the molecule is O=C(Nc1cc(C(F)(F)F)ccc1N1CCCCC1)C1CC(=O)N(Cc2ccco2)C1. The molecule has 2 fully saturated rings. The Morgan fingerprint density at radius 1 is 1.16 bits per heavy atom. The Morgan fingerprint density at radius 3 is 2.61 bits per heavy atom. The summed E-state index contributed by atoms with van der Waals surface area (Å²) in [5.41, 5.74) is -0.0954. The molecule has 0 saturated carbocycles. The lowest BCUT2D eigenvalue weighted by atomic mass is 10.1. The molecular formula is C22H24F3N3O3. The fourth-order valence-corrected chi connectivity index (χ4v) is 4.15. The van der Waals surface area contributed by atoms with Crippen LogP contribution in [0.4, 0.5) is 24.5 Å². The highest BCUT2D eigenvalue weighted by atomic mass is 19.4. The minimum Gasteiger partial charge on any atom is -0.467 e. The summed E-state index contributed by atoms with van der Waals surface area (Å²) < 4.78 is 45.1. The third-order valence-electron chi connectivity index (χ3n) is 5.79. The number of likely N-dealkylation sites (tertiary alicyclic amines) is 1. The van der Waals surface area contributed by atoms with Crippen molar-refractivity contribution in [1.29, 1.82) is 0 Å². The Bertz CT molecular complexity index is 937. The van der Waals surface area contributed by atoms with Crippen molar-refractivity contribution in [3.8, 4) is 0 Å². The van der Waals surface area contributed by atoms with Crippen molar-refractivity contribution >= 4 is 23.2 Å². The van der Waals surface area contributed by atoms with E-state index in [0.29, 0.717) is 11.4 Å². The normalized spacial score (nSPS) is 19.7. The Kier molecular flexibility index (Phi) is 5.93. The minimum absolute atomic E-state index is 0.0184. The molecule has 3 heterocycles. The maximum Gasteiger partial charge on any atom is 0.416 e. The van der Waals surface area contributed by atoms with Gasteiger partial charge in [0.1, 0.15) is 5.76 Å². The van der Waals surface area contributed by atoms with Crippen LogP contribution in [0, 0.1) is 5.92 Å². The van der Waals surface area contributed by atoms with Crippen molar-refractivity contribution in [1.82, 2.24) is 4.90 Å². The van der Waals surface area contributed by atoms with Gasteiger partial charge in [-0.05, 0) is 49.6 Å². The van der Waals surface area contributed by atoms with Crippen LogP contribution in [0.1, 0.15) is 37.0 Å². The second kappa shape index (κ2) is 8.64. The first-order valence-electron chi connectivity index (χ1n) is 10.4. The van der Waals surface area contributed by atoms with Crippen molar-refractivity contribution < 1.29 is 27.2 Å². The molecule has 2 saturated heterocycles. The molecule has 1 unspecified atom stereocenters. The summed E-state index contributed by atoms with van der Waals surface area (Å²) >= 11 is 0. The monoisotopic (exact) mass is 435 g/mol. The second-order valence-electron chi connectivity index (χ2n) is 8.02. The van der Waals surface area contributed by atoms with Crippen LogP contribution in [-0.4, -0.2) is 36.3 Å². The number of alkyl halides is 3. The van der Waals surface area contributed by atoms with E-state index in [2.05, 4.69) is 5.32 Å². The predicted molar refractivity (Wildman–Crippen MR) is 108 cm³/mol. The van der Waals surface area contributed by atoms with Crippen LogP contribution in [0.5, 0.6) is 0 Å². The smallest absolute Gasteiger partial charge is 0.416 e. The molecule has 0 spiro atoms. The van der Waals surface area contributed by atoms with E-state index >= 15 is 0 Å². The predicted octanol–water partition coefficient (Wildman–Crippen LogP) is 4.28. The standard InChI is InChI=1S/C22H24F3N3O3/c23-22(24,25)16-6-7-19(27-8-2-1-3-9-27)18(12-16)26-21(30)15-11-20(29)28(13-15)14-17-5-4-10-31-17/h4-7,10,12,15H,1-3,8-9,11,13-14H2,(H,26,30). The molecule has 1 aromatic heterocycles. The molecule has 0 radical (unpaired) electrons. The van der Waals surface area contributed by atoms with Gasteiger partial charge in [0, 0.05) is 26.1 Å². The van der Waals surface area contributed by atoms with Gasteiger partial charge in [0.15, 0.2) is 0 Å². The fraction of sp³-hybridized carbons (Fsp3) is 0.455. The number of anilines is 2. The van der Waals surface area contributed by atoms with E-state index in [9.17, 15) is 22.8 Å². The average Bonchev–Trinajstić information content (AvgIpc) is 3.38. The molecule has 0 aliphatic carbocycles. The summed E-state index contributed by atoms with van der Waals surface area (Å²) in [4.78, 5) is 28.7. The number of hydrogen-bond donors (Lipinski definition) is 1. The first kappa shape index (κ1) is 21.3. The van der Waals surface area contributed by atoms with E-state index in [-0.39, 0.29) is 31.1 Å². The molecule has 166 valence electrons. The fourth-order valence-electron chi connectivity index (χ4n) is 4.15. The molecule has 4 rings (SSSR count). The lowest BCUT2D eigenvalue weighted by Crippen LogP contribution is -2.32. The number of halogens is 3. The van der Waals surface area contributed by atoms with E-state index in [1.165, 1.54) is 17.2 Å². The van der Waals surface area contributed by atoms with Crippen LogP contribution in [-0.2, 0) is 22.3 Å². The van der Waals surface area contributed by atoms with Crippen LogP contribution < -0.4 is 10.2 Å². The minimum atomic E-state index is -4.51.